The lowest BCUT2D eigenvalue weighted by molar-refractivity contribution is 0.0507. The molecule has 4 nitrogen and oxygen atoms in total. The Kier molecular flexibility index (Phi) is 4.04. The molecular weight excluding hydrogens is 223 g/mol. The van der Waals surface area contributed by atoms with E-state index in [9.17, 15) is 9.18 Å². The van der Waals surface area contributed by atoms with Crippen molar-refractivity contribution in [3.63, 3.8) is 0 Å². The average Bonchev–Trinajstić information content (AvgIpc) is 2.15. The Morgan fingerprint density at radius 1 is 1.47 bits per heavy atom. The molecule has 1 amide bonds. The van der Waals surface area contributed by atoms with Crippen molar-refractivity contribution >= 4 is 6.09 Å². The largest absolute Gasteiger partial charge is 0.444 e. The molecule has 0 saturated carbocycles. The average molecular weight is 240 g/mol. The zero-order valence-electron chi connectivity index (χ0n) is 10.5. The minimum Gasteiger partial charge on any atom is -0.444 e. The molecule has 1 aromatic heterocycles. The molecule has 0 aliphatic carbocycles. The van der Waals surface area contributed by atoms with Gasteiger partial charge in [0.2, 0.25) is 0 Å². The Labute approximate surface area is 100 Å². The van der Waals surface area contributed by atoms with Gasteiger partial charge in [-0.25, -0.2) is 9.18 Å². The molecule has 0 aliphatic rings. The number of pyridine rings is 1. The molecule has 1 N–H and O–H groups in total. The number of carbonyl (C=O) groups is 1. The second-order valence-electron chi connectivity index (χ2n) is 4.77. The second kappa shape index (κ2) is 5.12. The lowest BCUT2D eigenvalue weighted by atomic mass is 10.2. The molecule has 5 heteroatoms. The summed E-state index contributed by atoms with van der Waals surface area (Å²) in [6, 6.07) is 2.50. The van der Waals surface area contributed by atoms with E-state index in [0.29, 0.717) is 5.69 Å². The second-order valence-corrected chi connectivity index (χ2v) is 4.77. The monoisotopic (exact) mass is 240 g/mol. The standard InChI is InChI=1S/C12H17FN2O2/c1-8(10-6-5-9(13)7-14-10)15-11(16)17-12(2,3)4/h5-8H,1-4H3,(H,15,16). The van der Waals surface area contributed by atoms with Crippen molar-refractivity contribution in [2.75, 3.05) is 0 Å². The number of hydrogen-bond acceptors (Lipinski definition) is 3. The normalized spacial score (nSPS) is 13.0. The number of ether oxygens (including phenoxy) is 1. The number of rotatable bonds is 2. The summed E-state index contributed by atoms with van der Waals surface area (Å²) < 4.78 is 17.8. The number of alkyl carbamates (subject to hydrolysis) is 1. The van der Waals surface area contributed by atoms with Crippen molar-refractivity contribution in [3.8, 4) is 0 Å². The molecule has 0 aromatic carbocycles. The first kappa shape index (κ1) is 13.4. The van der Waals surface area contributed by atoms with Crippen molar-refractivity contribution in [2.45, 2.75) is 39.3 Å². The van der Waals surface area contributed by atoms with Crippen molar-refractivity contribution in [1.29, 1.82) is 0 Å². The van der Waals surface area contributed by atoms with Crippen molar-refractivity contribution in [1.82, 2.24) is 10.3 Å². The summed E-state index contributed by atoms with van der Waals surface area (Å²) in [7, 11) is 0. The minimum absolute atomic E-state index is 0.328. The number of halogens is 1. The Morgan fingerprint density at radius 3 is 2.59 bits per heavy atom. The van der Waals surface area contributed by atoms with E-state index in [-0.39, 0.29) is 6.04 Å². The molecule has 0 fully saturated rings. The van der Waals surface area contributed by atoms with Crippen LogP contribution in [-0.2, 0) is 4.74 Å². The van der Waals surface area contributed by atoms with Crippen LogP contribution in [0.5, 0.6) is 0 Å². The highest BCUT2D eigenvalue weighted by Crippen LogP contribution is 2.12. The third kappa shape index (κ3) is 4.80. The first-order chi connectivity index (χ1) is 7.78. The molecule has 0 spiro atoms. The molecule has 17 heavy (non-hydrogen) atoms. The Morgan fingerprint density at radius 2 is 2.12 bits per heavy atom. The number of aromatic nitrogens is 1. The quantitative estimate of drug-likeness (QED) is 0.864. The maximum atomic E-state index is 12.7. The minimum atomic E-state index is -0.542. The van der Waals surface area contributed by atoms with Gasteiger partial charge < -0.3 is 10.1 Å². The molecule has 1 rings (SSSR count). The van der Waals surface area contributed by atoms with E-state index in [1.807, 2.05) is 0 Å². The fourth-order valence-electron chi connectivity index (χ4n) is 1.20. The predicted molar refractivity (Wildman–Crippen MR) is 62.0 cm³/mol. The van der Waals surface area contributed by atoms with E-state index in [4.69, 9.17) is 4.74 Å². The number of carbonyl (C=O) groups excluding carboxylic acids is 1. The summed E-state index contributed by atoms with van der Waals surface area (Å²) >= 11 is 0. The maximum absolute atomic E-state index is 12.7. The molecule has 1 unspecified atom stereocenters. The van der Waals surface area contributed by atoms with Gasteiger partial charge in [0.15, 0.2) is 0 Å². The van der Waals surface area contributed by atoms with Crippen LogP contribution >= 0.6 is 0 Å². The van der Waals surface area contributed by atoms with Crippen LogP contribution in [0.2, 0.25) is 0 Å². The molecule has 1 atom stereocenters. The molecule has 1 heterocycles. The Hall–Kier alpha value is -1.65. The van der Waals surface area contributed by atoms with Gasteiger partial charge in [-0.3, -0.25) is 4.98 Å². The highest BCUT2D eigenvalue weighted by atomic mass is 19.1. The van der Waals surface area contributed by atoms with Gasteiger partial charge in [0.1, 0.15) is 11.4 Å². The SMILES string of the molecule is CC(NC(=O)OC(C)(C)C)c1ccc(F)cn1. The molecular formula is C12H17FN2O2. The van der Waals surface area contributed by atoms with Gasteiger partial charge in [0.05, 0.1) is 17.9 Å². The van der Waals surface area contributed by atoms with E-state index < -0.39 is 17.5 Å². The van der Waals surface area contributed by atoms with Gasteiger partial charge in [-0.15, -0.1) is 0 Å². The van der Waals surface area contributed by atoms with Crippen LogP contribution in [-0.4, -0.2) is 16.7 Å². The van der Waals surface area contributed by atoms with Crippen LogP contribution < -0.4 is 5.32 Å². The molecule has 0 bridgehead atoms. The number of nitrogens with zero attached hydrogens (tertiary/aromatic N) is 1. The number of nitrogens with one attached hydrogen (secondary N) is 1. The lowest BCUT2D eigenvalue weighted by Crippen LogP contribution is -2.34. The molecule has 94 valence electrons. The summed E-state index contributed by atoms with van der Waals surface area (Å²) in [6.45, 7) is 7.11. The summed E-state index contributed by atoms with van der Waals surface area (Å²) in [4.78, 5) is 15.4. The first-order valence-electron chi connectivity index (χ1n) is 5.39. The third-order valence-electron chi connectivity index (χ3n) is 1.93. The summed E-state index contributed by atoms with van der Waals surface area (Å²) in [5.41, 5.74) is 0.0392. The van der Waals surface area contributed by atoms with E-state index in [1.54, 1.807) is 27.7 Å². The van der Waals surface area contributed by atoms with Gasteiger partial charge >= 0.3 is 6.09 Å². The fraction of sp³-hybridized carbons (Fsp3) is 0.500. The van der Waals surface area contributed by atoms with Gasteiger partial charge in [0.25, 0.3) is 0 Å². The van der Waals surface area contributed by atoms with Crippen LogP contribution in [0.15, 0.2) is 18.3 Å². The lowest BCUT2D eigenvalue weighted by Gasteiger charge is -2.21. The van der Waals surface area contributed by atoms with E-state index >= 15 is 0 Å². The van der Waals surface area contributed by atoms with Gasteiger partial charge in [-0.2, -0.15) is 0 Å². The van der Waals surface area contributed by atoms with Gasteiger partial charge in [-0.05, 0) is 39.8 Å². The molecule has 0 saturated heterocycles. The zero-order valence-corrected chi connectivity index (χ0v) is 10.5. The van der Waals surface area contributed by atoms with E-state index in [1.165, 1.54) is 12.1 Å². The maximum Gasteiger partial charge on any atom is 0.408 e. The predicted octanol–water partition coefficient (Wildman–Crippen LogP) is 2.81. The topological polar surface area (TPSA) is 51.2 Å². The number of hydrogen-bond donors (Lipinski definition) is 1. The molecule has 0 aliphatic heterocycles. The molecule has 1 aromatic rings. The van der Waals surface area contributed by atoms with Crippen molar-refractivity contribution in [2.24, 2.45) is 0 Å². The smallest absolute Gasteiger partial charge is 0.408 e. The summed E-state index contributed by atoms with van der Waals surface area (Å²) in [5.74, 6) is -0.404. The van der Waals surface area contributed by atoms with Crippen LogP contribution in [0.25, 0.3) is 0 Å². The summed E-state index contributed by atoms with van der Waals surface area (Å²) in [6.07, 6.45) is 0.596. The van der Waals surface area contributed by atoms with E-state index in [2.05, 4.69) is 10.3 Å². The van der Waals surface area contributed by atoms with E-state index in [0.717, 1.165) is 6.20 Å². The van der Waals surface area contributed by atoms with Crippen LogP contribution in [0, 0.1) is 5.82 Å². The Balaban J connectivity index is 2.57. The van der Waals surface area contributed by atoms with Gasteiger partial charge in [0, 0.05) is 0 Å². The third-order valence-corrected chi connectivity index (χ3v) is 1.93. The summed E-state index contributed by atoms with van der Waals surface area (Å²) in [5, 5.41) is 2.63. The first-order valence-corrected chi connectivity index (χ1v) is 5.39. The van der Waals surface area contributed by atoms with Crippen LogP contribution in [0.4, 0.5) is 9.18 Å². The fourth-order valence-corrected chi connectivity index (χ4v) is 1.20. The van der Waals surface area contributed by atoms with Crippen molar-refractivity contribution < 1.29 is 13.9 Å². The zero-order chi connectivity index (χ0) is 13.1. The Bertz CT molecular complexity index is 384. The van der Waals surface area contributed by atoms with Crippen LogP contribution in [0.1, 0.15) is 39.4 Å². The van der Waals surface area contributed by atoms with Crippen LogP contribution in [0.3, 0.4) is 0 Å². The number of amides is 1. The highest BCUT2D eigenvalue weighted by molar-refractivity contribution is 5.68. The van der Waals surface area contributed by atoms with Gasteiger partial charge in [-0.1, -0.05) is 0 Å². The van der Waals surface area contributed by atoms with Crippen molar-refractivity contribution in [3.05, 3.63) is 29.8 Å². The molecule has 0 radical (unpaired) electrons. The highest BCUT2D eigenvalue weighted by Gasteiger charge is 2.18.